The maximum atomic E-state index is 12.6. The fourth-order valence-corrected chi connectivity index (χ4v) is 3.86. The Labute approximate surface area is 206 Å². The van der Waals surface area contributed by atoms with Gasteiger partial charge in [0.25, 0.3) is 5.91 Å². The van der Waals surface area contributed by atoms with Gasteiger partial charge in [0, 0.05) is 37.9 Å². The standard InChI is InChI=1S/C22H30F3N7O4/c1-12(10-35-2)36-21-30-16(20(34)28-11-22(23,24)25)9-17(31-21)32-7-5-13(6-8-32)15-4-3-14(26)18(29-15)19(27)33/h3-4,9,12-13,20,28,34H,5-8,10-11,26H2,1-2H3,(H2,27,33)/t12-,20?/m1/s1. The Morgan fingerprint density at radius 1 is 1.28 bits per heavy atom. The van der Waals surface area contributed by atoms with Crippen LogP contribution in [0, 0.1) is 0 Å². The van der Waals surface area contributed by atoms with Crippen LogP contribution >= 0.6 is 0 Å². The highest BCUT2D eigenvalue weighted by Gasteiger charge is 2.29. The highest BCUT2D eigenvalue weighted by molar-refractivity contribution is 5.95. The zero-order chi connectivity index (χ0) is 26.5. The highest BCUT2D eigenvalue weighted by atomic mass is 19.4. The number of pyridine rings is 1. The maximum absolute atomic E-state index is 12.6. The van der Waals surface area contributed by atoms with Crippen molar-refractivity contribution >= 4 is 17.4 Å². The smallest absolute Gasteiger partial charge is 0.401 e. The van der Waals surface area contributed by atoms with E-state index in [0.717, 1.165) is 0 Å². The van der Waals surface area contributed by atoms with Crippen molar-refractivity contribution in [2.45, 2.75) is 44.2 Å². The number of carbonyl (C=O) groups excluding carboxylic acids is 1. The fraction of sp³-hybridized carbons (Fsp3) is 0.545. The van der Waals surface area contributed by atoms with Crippen LogP contribution in [0.15, 0.2) is 18.2 Å². The number of methoxy groups -OCH3 is 1. The first-order valence-electron chi connectivity index (χ1n) is 11.3. The number of nitrogen functional groups attached to an aromatic ring is 1. The number of ether oxygens (including phenoxy) is 2. The number of rotatable bonds is 10. The maximum Gasteiger partial charge on any atom is 0.401 e. The first-order valence-corrected chi connectivity index (χ1v) is 11.3. The van der Waals surface area contributed by atoms with Gasteiger partial charge in [0.05, 0.1) is 24.5 Å². The number of halogens is 3. The Hall–Kier alpha value is -3.23. The van der Waals surface area contributed by atoms with Gasteiger partial charge in [-0.15, -0.1) is 0 Å². The number of nitrogens with one attached hydrogen (secondary N) is 1. The van der Waals surface area contributed by atoms with Crippen molar-refractivity contribution in [1.82, 2.24) is 20.3 Å². The summed E-state index contributed by atoms with van der Waals surface area (Å²) in [5, 5.41) is 12.3. The van der Waals surface area contributed by atoms with Crippen molar-refractivity contribution in [3.8, 4) is 6.01 Å². The summed E-state index contributed by atoms with van der Waals surface area (Å²) in [5.74, 6) is -0.264. The third-order valence-corrected chi connectivity index (χ3v) is 5.61. The minimum absolute atomic E-state index is 0.0303. The van der Waals surface area contributed by atoms with Crippen LogP contribution in [0.2, 0.25) is 0 Å². The van der Waals surface area contributed by atoms with Crippen LogP contribution < -0.4 is 26.4 Å². The monoisotopic (exact) mass is 513 g/mol. The Morgan fingerprint density at radius 2 is 1.97 bits per heavy atom. The first kappa shape index (κ1) is 27.4. The summed E-state index contributed by atoms with van der Waals surface area (Å²) in [6.07, 6.45) is -5.31. The lowest BCUT2D eigenvalue weighted by atomic mass is 9.92. The van der Waals surface area contributed by atoms with Crippen molar-refractivity contribution < 1.29 is 32.5 Å². The van der Waals surface area contributed by atoms with E-state index in [-0.39, 0.29) is 35.6 Å². The molecule has 1 fully saturated rings. The van der Waals surface area contributed by atoms with Gasteiger partial charge in [-0.05, 0) is 31.9 Å². The second kappa shape index (κ2) is 11.7. The summed E-state index contributed by atoms with van der Waals surface area (Å²) in [4.78, 5) is 26.3. The molecule has 0 radical (unpaired) electrons. The molecule has 3 rings (SSSR count). The molecule has 6 N–H and O–H groups in total. The molecule has 0 saturated carbocycles. The van der Waals surface area contributed by atoms with Crippen LogP contribution in [0.1, 0.15) is 53.8 Å². The van der Waals surface area contributed by atoms with Crippen LogP contribution in [0.3, 0.4) is 0 Å². The SMILES string of the molecule is COC[C@@H](C)Oc1nc(C(O)NCC(F)(F)F)cc(N2CCC(c3ccc(N)c(C(N)=O)n3)CC2)n1. The third-order valence-electron chi connectivity index (χ3n) is 5.61. The van der Waals surface area contributed by atoms with Crippen LogP contribution in [-0.4, -0.2) is 71.6 Å². The molecule has 1 aliphatic rings. The number of aromatic nitrogens is 3. The molecular formula is C22H30F3N7O4. The normalized spacial score (nSPS) is 16.6. The lowest BCUT2D eigenvalue weighted by Crippen LogP contribution is -2.35. The second-order valence-corrected chi connectivity index (χ2v) is 8.52. The molecule has 2 aromatic heterocycles. The summed E-state index contributed by atoms with van der Waals surface area (Å²) in [6.45, 7) is 1.63. The highest BCUT2D eigenvalue weighted by Crippen LogP contribution is 2.31. The van der Waals surface area contributed by atoms with E-state index >= 15 is 0 Å². The summed E-state index contributed by atoms with van der Waals surface area (Å²) in [7, 11) is 1.50. The van der Waals surface area contributed by atoms with E-state index in [2.05, 4.69) is 15.0 Å². The predicted octanol–water partition coefficient (Wildman–Crippen LogP) is 1.49. The molecule has 0 aliphatic carbocycles. The quantitative estimate of drug-likeness (QED) is 0.343. The van der Waals surface area contributed by atoms with Crippen molar-refractivity contribution in [1.29, 1.82) is 0 Å². The fourth-order valence-electron chi connectivity index (χ4n) is 3.86. The molecule has 36 heavy (non-hydrogen) atoms. The number of anilines is 2. The summed E-state index contributed by atoms with van der Waals surface area (Å²) < 4.78 is 48.5. The number of nitrogens with two attached hydrogens (primary N) is 2. The molecule has 1 aliphatic heterocycles. The number of amides is 1. The lowest BCUT2D eigenvalue weighted by molar-refractivity contribution is -0.131. The van der Waals surface area contributed by atoms with E-state index in [1.807, 2.05) is 10.2 Å². The summed E-state index contributed by atoms with van der Waals surface area (Å²) in [5.41, 5.74) is 12.0. The Balaban J connectivity index is 1.78. The lowest BCUT2D eigenvalue weighted by Gasteiger charge is -2.33. The zero-order valence-corrected chi connectivity index (χ0v) is 20.0. The number of carbonyl (C=O) groups is 1. The second-order valence-electron chi connectivity index (χ2n) is 8.52. The molecular weight excluding hydrogens is 483 g/mol. The third kappa shape index (κ3) is 7.38. The van der Waals surface area contributed by atoms with E-state index in [4.69, 9.17) is 20.9 Å². The number of primary amides is 1. The van der Waals surface area contributed by atoms with Crippen molar-refractivity contribution in [3.05, 3.63) is 35.3 Å². The molecule has 2 atom stereocenters. The molecule has 0 aromatic carbocycles. The number of aliphatic hydroxyl groups is 1. The molecule has 11 nitrogen and oxygen atoms in total. The minimum Gasteiger partial charge on any atom is -0.458 e. The van der Waals surface area contributed by atoms with Gasteiger partial charge >= 0.3 is 12.2 Å². The largest absolute Gasteiger partial charge is 0.458 e. The van der Waals surface area contributed by atoms with Gasteiger partial charge in [0.15, 0.2) is 5.69 Å². The average molecular weight is 514 g/mol. The van der Waals surface area contributed by atoms with Gasteiger partial charge in [0.2, 0.25) is 0 Å². The van der Waals surface area contributed by atoms with E-state index in [0.29, 0.717) is 37.4 Å². The van der Waals surface area contributed by atoms with Gasteiger partial charge < -0.3 is 30.9 Å². The number of alkyl halides is 3. The van der Waals surface area contributed by atoms with Crippen LogP contribution in [0.5, 0.6) is 6.01 Å². The molecule has 1 unspecified atom stereocenters. The average Bonchev–Trinajstić information content (AvgIpc) is 2.82. The summed E-state index contributed by atoms with van der Waals surface area (Å²) in [6, 6.07) is 4.70. The van der Waals surface area contributed by atoms with Gasteiger partial charge in [-0.2, -0.15) is 23.1 Å². The molecule has 0 spiro atoms. The van der Waals surface area contributed by atoms with Gasteiger partial charge in [-0.1, -0.05) is 0 Å². The van der Waals surface area contributed by atoms with Crippen LogP contribution in [0.25, 0.3) is 0 Å². The van der Waals surface area contributed by atoms with E-state index in [1.54, 1.807) is 19.1 Å². The van der Waals surface area contributed by atoms with E-state index in [1.165, 1.54) is 13.2 Å². The van der Waals surface area contributed by atoms with Gasteiger partial charge in [-0.3, -0.25) is 10.1 Å². The molecule has 2 aromatic rings. The van der Waals surface area contributed by atoms with Gasteiger partial charge in [-0.25, -0.2) is 4.98 Å². The predicted molar refractivity (Wildman–Crippen MR) is 124 cm³/mol. The number of aliphatic hydroxyl groups excluding tert-OH is 1. The molecule has 0 bridgehead atoms. The number of nitrogens with zero attached hydrogens (tertiary/aromatic N) is 4. The van der Waals surface area contributed by atoms with Crippen molar-refractivity contribution in [2.24, 2.45) is 5.73 Å². The van der Waals surface area contributed by atoms with Gasteiger partial charge in [0.1, 0.15) is 18.1 Å². The van der Waals surface area contributed by atoms with Crippen molar-refractivity contribution in [3.63, 3.8) is 0 Å². The molecule has 198 valence electrons. The number of piperidine rings is 1. The van der Waals surface area contributed by atoms with Crippen LogP contribution in [-0.2, 0) is 4.74 Å². The first-order chi connectivity index (χ1) is 17.0. The van der Waals surface area contributed by atoms with Crippen molar-refractivity contribution in [2.75, 3.05) is 44.0 Å². The number of hydrogen-bond acceptors (Lipinski definition) is 10. The molecule has 3 heterocycles. The Kier molecular flexibility index (Phi) is 8.87. The number of hydrogen-bond donors (Lipinski definition) is 4. The Bertz CT molecular complexity index is 1050. The molecule has 1 amide bonds. The summed E-state index contributed by atoms with van der Waals surface area (Å²) >= 11 is 0. The minimum atomic E-state index is -4.50. The van der Waals surface area contributed by atoms with E-state index in [9.17, 15) is 23.1 Å². The molecule has 1 saturated heterocycles. The topological polar surface area (TPSA) is 162 Å². The zero-order valence-electron chi connectivity index (χ0n) is 20.0. The Morgan fingerprint density at radius 3 is 2.58 bits per heavy atom. The van der Waals surface area contributed by atoms with E-state index < -0.39 is 31.0 Å². The molecule has 14 heteroatoms. The van der Waals surface area contributed by atoms with Crippen LogP contribution in [0.4, 0.5) is 24.7 Å².